The number of carbonyl (C=O) groups excluding carboxylic acids is 2. The molecule has 1 saturated heterocycles. The maximum absolute atomic E-state index is 12.9. The van der Waals surface area contributed by atoms with Gasteiger partial charge in [-0.25, -0.2) is 8.42 Å². The Balaban J connectivity index is 1.53. The average molecular weight is 460 g/mol. The molecule has 0 atom stereocenters. The third kappa shape index (κ3) is 4.63. The Morgan fingerprint density at radius 3 is 2.61 bits per heavy atom. The van der Waals surface area contributed by atoms with Crippen LogP contribution in [0.4, 0.5) is 11.4 Å². The predicted molar refractivity (Wildman–Crippen MR) is 122 cm³/mol. The fourth-order valence-corrected chi connectivity index (χ4v) is 6.02. The molecule has 2 aromatic rings. The minimum Gasteiger partial charge on any atom is -0.324 e. The lowest BCUT2D eigenvalue weighted by Crippen LogP contribution is -2.41. The number of carbonyl (C=O) groups is 2. The van der Waals surface area contributed by atoms with Crippen molar-refractivity contribution < 1.29 is 18.0 Å². The van der Waals surface area contributed by atoms with Crippen molar-refractivity contribution in [3.8, 4) is 0 Å². The summed E-state index contributed by atoms with van der Waals surface area (Å²) in [6.45, 7) is 0.970. The van der Waals surface area contributed by atoms with E-state index in [0.717, 1.165) is 23.3 Å². The summed E-state index contributed by atoms with van der Waals surface area (Å²) in [5, 5.41) is 2.84. The number of anilines is 2. The zero-order valence-electron chi connectivity index (χ0n) is 17.3. The van der Waals surface area contributed by atoms with Gasteiger partial charge in [-0.05, 0) is 67.5 Å². The molecule has 2 aliphatic rings. The number of benzene rings is 2. The smallest absolute Gasteiger partial charge is 0.244 e. The number of rotatable bonds is 6. The minimum absolute atomic E-state index is 0.118. The van der Waals surface area contributed by atoms with E-state index in [2.05, 4.69) is 5.32 Å². The largest absolute Gasteiger partial charge is 0.324 e. The molecule has 164 valence electrons. The molecule has 2 aliphatic heterocycles. The quantitative estimate of drug-likeness (QED) is 0.671. The Morgan fingerprint density at radius 2 is 1.87 bits per heavy atom. The Morgan fingerprint density at radius 1 is 1.10 bits per heavy atom. The zero-order valence-corrected chi connectivity index (χ0v) is 19.0. The highest BCUT2D eigenvalue weighted by Gasteiger charge is 2.31. The van der Waals surface area contributed by atoms with Crippen LogP contribution in [0.3, 0.4) is 0 Å². The fraction of sp³-hybridized carbons (Fsp3) is 0.364. The molecule has 9 heteroatoms. The van der Waals surface area contributed by atoms with Crippen molar-refractivity contribution in [1.29, 1.82) is 0 Å². The van der Waals surface area contributed by atoms with Crippen LogP contribution >= 0.6 is 11.8 Å². The van der Waals surface area contributed by atoms with E-state index < -0.39 is 10.0 Å². The molecule has 0 bridgehead atoms. The van der Waals surface area contributed by atoms with Crippen molar-refractivity contribution in [2.75, 3.05) is 36.1 Å². The van der Waals surface area contributed by atoms with E-state index in [1.165, 1.54) is 15.3 Å². The van der Waals surface area contributed by atoms with Gasteiger partial charge in [-0.2, -0.15) is 4.31 Å². The topological polar surface area (TPSA) is 86.8 Å². The second-order valence-electron chi connectivity index (χ2n) is 7.66. The van der Waals surface area contributed by atoms with Gasteiger partial charge in [0.25, 0.3) is 0 Å². The summed E-state index contributed by atoms with van der Waals surface area (Å²) < 4.78 is 27.3. The van der Waals surface area contributed by atoms with Crippen molar-refractivity contribution in [3.05, 3.63) is 48.0 Å². The third-order valence-corrected chi connectivity index (χ3v) is 8.23. The van der Waals surface area contributed by atoms with Crippen LogP contribution in [0.15, 0.2) is 52.3 Å². The number of hydrogen-bond donors (Lipinski definition) is 1. The summed E-state index contributed by atoms with van der Waals surface area (Å²) in [5.74, 6) is -0.441. The number of thioether (sulfide) groups is 1. The van der Waals surface area contributed by atoms with Crippen LogP contribution in [0.5, 0.6) is 0 Å². The number of sulfonamides is 1. The van der Waals surface area contributed by atoms with Crippen molar-refractivity contribution in [1.82, 2.24) is 4.31 Å². The zero-order chi connectivity index (χ0) is 22.0. The van der Waals surface area contributed by atoms with Crippen LogP contribution < -0.4 is 10.2 Å². The molecular formula is C22H25N3O4S2. The lowest BCUT2D eigenvalue weighted by molar-refractivity contribution is -0.121. The molecule has 1 N–H and O–H groups in total. The van der Waals surface area contributed by atoms with Gasteiger partial charge < -0.3 is 10.2 Å². The van der Waals surface area contributed by atoms with E-state index in [4.69, 9.17) is 0 Å². The first kappa shape index (κ1) is 21.9. The summed E-state index contributed by atoms with van der Waals surface area (Å²) >= 11 is 1.58. The van der Waals surface area contributed by atoms with Gasteiger partial charge >= 0.3 is 0 Å². The lowest BCUT2D eigenvalue weighted by atomic mass is 10.0. The van der Waals surface area contributed by atoms with Gasteiger partial charge in [-0.3, -0.25) is 9.59 Å². The Kier molecular flexibility index (Phi) is 6.36. The van der Waals surface area contributed by atoms with Gasteiger partial charge in [0.1, 0.15) is 6.54 Å². The van der Waals surface area contributed by atoms with Crippen LogP contribution in [0.2, 0.25) is 0 Å². The molecule has 0 saturated carbocycles. The molecule has 0 spiro atoms. The van der Waals surface area contributed by atoms with E-state index in [1.807, 2.05) is 24.5 Å². The van der Waals surface area contributed by atoms with Crippen LogP contribution in [0.1, 0.15) is 24.8 Å². The minimum atomic E-state index is -3.52. The first-order chi connectivity index (χ1) is 14.9. The van der Waals surface area contributed by atoms with Gasteiger partial charge in [0.05, 0.1) is 4.90 Å². The van der Waals surface area contributed by atoms with Gasteiger partial charge in [-0.1, -0.05) is 6.07 Å². The molecule has 1 fully saturated rings. The molecule has 0 radical (unpaired) electrons. The van der Waals surface area contributed by atoms with Crippen molar-refractivity contribution in [2.24, 2.45) is 0 Å². The molecule has 2 amide bonds. The van der Waals surface area contributed by atoms with E-state index >= 15 is 0 Å². The Labute approximate surface area is 186 Å². The predicted octanol–water partition coefficient (Wildman–Crippen LogP) is 3.11. The second kappa shape index (κ2) is 9.02. The molecule has 4 rings (SSSR count). The number of amides is 2. The summed E-state index contributed by atoms with van der Waals surface area (Å²) in [5.41, 5.74) is 2.05. The fourth-order valence-electron chi connectivity index (χ4n) is 3.99. The van der Waals surface area contributed by atoms with Gasteiger partial charge in [0, 0.05) is 35.8 Å². The van der Waals surface area contributed by atoms with Gasteiger partial charge in [0.15, 0.2) is 0 Å². The maximum Gasteiger partial charge on any atom is 0.244 e. The Bertz CT molecular complexity index is 1110. The van der Waals surface area contributed by atoms with Crippen LogP contribution in [-0.4, -0.2) is 50.4 Å². The van der Waals surface area contributed by atoms with Crippen molar-refractivity contribution in [2.45, 2.75) is 35.5 Å². The molecule has 2 aromatic carbocycles. The summed E-state index contributed by atoms with van der Waals surface area (Å²) in [6, 6.07) is 12.4. The second-order valence-corrected chi connectivity index (χ2v) is 10.5. The molecule has 0 aliphatic carbocycles. The number of aryl methyl sites for hydroxylation is 1. The first-order valence-corrected chi connectivity index (χ1v) is 12.9. The molecule has 0 aromatic heterocycles. The number of fused-ring (bicyclic) bond motifs is 1. The number of hydrogen-bond acceptors (Lipinski definition) is 5. The maximum atomic E-state index is 12.9. The van der Waals surface area contributed by atoms with Gasteiger partial charge in [-0.15, -0.1) is 11.8 Å². The van der Waals surface area contributed by atoms with E-state index in [0.29, 0.717) is 30.9 Å². The third-order valence-electron chi connectivity index (χ3n) is 5.61. The number of nitrogens with one attached hydrogen (secondary N) is 1. The van der Waals surface area contributed by atoms with Crippen molar-refractivity contribution in [3.63, 3.8) is 0 Å². The summed E-state index contributed by atoms with van der Waals surface area (Å²) in [6.07, 6.45) is 4.42. The monoisotopic (exact) mass is 459 g/mol. The molecule has 7 nitrogen and oxygen atoms in total. The SMILES string of the molecule is CSc1cccc(NC(=O)CN2C(=O)CCc3cc(S(=O)(=O)N4CCCC4)ccc32)c1. The van der Waals surface area contributed by atoms with Crippen LogP contribution in [0.25, 0.3) is 0 Å². The van der Waals surface area contributed by atoms with Crippen LogP contribution in [0, 0.1) is 0 Å². The van der Waals surface area contributed by atoms with E-state index in [-0.39, 0.29) is 29.7 Å². The standard InChI is InChI=1S/C22H25N3O4S2/c1-30-18-6-4-5-17(14-18)23-21(26)15-25-20-9-8-19(13-16(20)7-10-22(25)27)31(28,29)24-11-2-3-12-24/h4-6,8-9,13-14H,2-3,7,10-12,15H2,1H3,(H,23,26). The summed E-state index contributed by atoms with van der Waals surface area (Å²) in [7, 11) is -3.52. The molecular weight excluding hydrogens is 434 g/mol. The van der Waals surface area contributed by atoms with Crippen molar-refractivity contribution >= 4 is 45.0 Å². The summed E-state index contributed by atoms with van der Waals surface area (Å²) in [4.78, 5) is 27.9. The lowest BCUT2D eigenvalue weighted by Gasteiger charge is -2.29. The Hall–Kier alpha value is -2.36. The van der Waals surface area contributed by atoms with E-state index in [1.54, 1.807) is 30.0 Å². The van der Waals surface area contributed by atoms with E-state index in [9.17, 15) is 18.0 Å². The normalized spacial score (nSPS) is 16.9. The highest BCUT2D eigenvalue weighted by atomic mass is 32.2. The highest BCUT2D eigenvalue weighted by Crippen LogP contribution is 2.32. The molecule has 2 heterocycles. The number of nitrogens with zero attached hydrogens (tertiary/aromatic N) is 2. The first-order valence-electron chi connectivity index (χ1n) is 10.3. The van der Waals surface area contributed by atoms with Crippen LogP contribution in [-0.2, 0) is 26.0 Å². The van der Waals surface area contributed by atoms with Gasteiger partial charge in [0.2, 0.25) is 21.8 Å². The molecule has 0 unspecified atom stereocenters. The highest BCUT2D eigenvalue weighted by molar-refractivity contribution is 7.98. The average Bonchev–Trinajstić information content (AvgIpc) is 3.31. The molecule has 31 heavy (non-hydrogen) atoms.